The summed E-state index contributed by atoms with van der Waals surface area (Å²) in [6.45, 7) is 0.695. The summed E-state index contributed by atoms with van der Waals surface area (Å²) >= 11 is 0. The molecule has 0 radical (unpaired) electrons. The minimum atomic E-state index is 0.305. The third-order valence-corrected chi connectivity index (χ3v) is 3.78. The van der Waals surface area contributed by atoms with Crippen molar-refractivity contribution < 1.29 is 4.79 Å². The van der Waals surface area contributed by atoms with Gasteiger partial charge in [0, 0.05) is 18.2 Å². The SMILES string of the molecule is O=C(C1CCC1)N(Cc1ccccn1)C1CC1. The Bertz CT molecular complexity index is 396. The zero-order valence-electron chi connectivity index (χ0n) is 10.0. The molecule has 3 nitrogen and oxygen atoms in total. The smallest absolute Gasteiger partial charge is 0.226 e. The first-order valence-electron chi connectivity index (χ1n) is 6.55. The predicted octanol–water partition coefficient (Wildman–Crippen LogP) is 2.37. The number of hydrogen-bond acceptors (Lipinski definition) is 2. The van der Waals surface area contributed by atoms with Gasteiger partial charge in [-0.05, 0) is 37.8 Å². The highest BCUT2D eigenvalue weighted by atomic mass is 16.2. The molecule has 0 saturated heterocycles. The van der Waals surface area contributed by atoms with Gasteiger partial charge in [0.1, 0.15) is 0 Å². The third-order valence-electron chi connectivity index (χ3n) is 3.78. The van der Waals surface area contributed by atoms with Crippen LogP contribution in [0.25, 0.3) is 0 Å². The summed E-state index contributed by atoms with van der Waals surface area (Å²) in [6, 6.07) is 6.40. The quantitative estimate of drug-likeness (QED) is 0.795. The number of amides is 1. The Hall–Kier alpha value is -1.38. The van der Waals surface area contributed by atoms with E-state index in [9.17, 15) is 4.79 Å². The normalized spacial score (nSPS) is 19.8. The van der Waals surface area contributed by atoms with Crippen molar-refractivity contribution in [3.63, 3.8) is 0 Å². The molecule has 2 aliphatic carbocycles. The molecule has 17 heavy (non-hydrogen) atoms. The van der Waals surface area contributed by atoms with E-state index in [4.69, 9.17) is 0 Å². The van der Waals surface area contributed by atoms with Gasteiger partial charge in [-0.25, -0.2) is 0 Å². The van der Waals surface area contributed by atoms with E-state index in [2.05, 4.69) is 9.88 Å². The summed E-state index contributed by atoms with van der Waals surface area (Å²) in [7, 11) is 0. The molecule has 0 atom stereocenters. The van der Waals surface area contributed by atoms with E-state index in [0.717, 1.165) is 18.5 Å². The second kappa shape index (κ2) is 4.47. The van der Waals surface area contributed by atoms with Crippen molar-refractivity contribution in [1.82, 2.24) is 9.88 Å². The van der Waals surface area contributed by atoms with Crippen LogP contribution in [0.2, 0.25) is 0 Å². The average Bonchev–Trinajstić information content (AvgIpc) is 3.08. The molecule has 0 bridgehead atoms. The molecule has 0 N–H and O–H groups in total. The number of nitrogens with zero attached hydrogens (tertiary/aromatic N) is 2. The zero-order chi connectivity index (χ0) is 11.7. The molecule has 1 amide bonds. The number of carbonyl (C=O) groups is 1. The molecule has 3 heteroatoms. The summed E-state index contributed by atoms with van der Waals surface area (Å²) in [6.07, 6.45) is 7.54. The highest BCUT2D eigenvalue weighted by Gasteiger charge is 2.37. The molecule has 2 saturated carbocycles. The maximum atomic E-state index is 12.3. The highest BCUT2D eigenvalue weighted by Crippen LogP contribution is 2.34. The van der Waals surface area contributed by atoms with Crippen molar-refractivity contribution in [2.24, 2.45) is 5.92 Å². The summed E-state index contributed by atoms with van der Waals surface area (Å²) in [5.41, 5.74) is 1.01. The van der Waals surface area contributed by atoms with E-state index in [1.165, 1.54) is 19.3 Å². The Kier molecular flexibility index (Phi) is 2.83. The monoisotopic (exact) mass is 230 g/mol. The van der Waals surface area contributed by atoms with E-state index in [-0.39, 0.29) is 0 Å². The lowest BCUT2D eigenvalue weighted by Gasteiger charge is -2.31. The maximum absolute atomic E-state index is 12.3. The van der Waals surface area contributed by atoms with Crippen LogP contribution < -0.4 is 0 Å². The van der Waals surface area contributed by atoms with Crippen LogP contribution in [0.4, 0.5) is 0 Å². The minimum absolute atomic E-state index is 0.305. The lowest BCUT2D eigenvalue weighted by atomic mass is 9.84. The molecule has 3 rings (SSSR count). The van der Waals surface area contributed by atoms with Crippen molar-refractivity contribution in [3.8, 4) is 0 Å². The fourth-order valence-corrected chi connectivity index (χ4v) is 2.33. The third kappa shape index (κ3) is 2.33. The van der Waals surface area contributed by atoms with Crippen LogP contribution >= 0.6 is 0 Å². The summed E-state index contributed by atoms with van der Waals surface area (Å²) in [5, 5.41) is 0. The van der Waals surface area contributed by atoms with Gasteiger partial charge in [0.15, 0.2) is 0 Å². The van der Waals surface area contributed by atoms with Gasteiger partial charge >= 0.3 is 0 Å². The van der Waals surface area contributed by atoms with Gasteiger partial charge in [0.25, 0.3) is 0 Å². The second-order valence-electron chi connectivity index (χ2n) is 5.15. The summed E-state index contributed by atoms with van der Waals surface area (Å²) in [4.78, 5) is 18.7. The number of pyridine rings is 1. The molecule has 0 unspecified atom stereocenters. The largest absolute Gasteiger partial charge is 0.334 e. The fourth-order valence-electron chi connectivity index (χ4n) is 2.33. The lowest BCUT2D eigenvalue weighted by Crippen LogP contribution is -2.40. The van der Waals surface area contributed by atoms with Gasteiger partial charge in [-0.15, -0.1) is 0 Å². The van der Waals surface area contributed by atoms with Crippen LogP contribution in [-0.4, -0.2) is 21.8 Å². The Balaban J connectivity index is 1.69. The average molecular weight is 230 g/mol. The molecular formula is C14H18N2O. The summed E-state index contributed by atoms with van der Waals surface area (Å²) < 4.78 is 0. The van der Waals surface area contributed by atoms with E-state index < -0.39 is 0 Å². The van der Waals surface area contributed by atoms with Crippen LogP contribution in [0, 0.1) is 5.92 Å². The van der Waals surface area contributed by atoms with Gasteiger partial charge in [-0.1, -0.05) is 12.5 Å². The highest BCUT2D eigenvalue weighted by molar-refractivity contribution is 5.80. The molecule has 2 fully saturated rings. The Morgan fingerprint density at radius 3 is 2.65 bits per heavy atom. The fraction of sp³-hybridized carbons (Fsp3) is 0.571. The topological polar surface area (TPSA) is 33.2 Å². The first-order valence-corrected chi connectivity index (χ1v) is 6.55. The minimum Gasteiger partial charge on any atom is -0.334 e. The number of rotatable bonds is 4. The van der Waals surface area contributed by atoms with Crippen LogP contribution in [-0.2, 0) is 11.3 Å². The van der Waals surface area contributed by atoms with E-state index >= 15 is 0 Å². The van der Waals surface area contributed by atoms with Gasteiger partial charge in [-0.2, -0.15) is 0 Å². The molecule has 0 spiro atoms. The van der Waals surface area contributed by atoms with Gasteiger partial charge in [-0.3, -0.25) is 9.78 Å². The maximum Gasteiger partial charge on any atom is 0.226 e. The van der Waals surface area contributed by atoms with Crippen molar-refractivity contribution >= 4 is 5.91 Å². The molecular weight excluding hydrogens is 212 g/mol. The predicted molar refractivity (Wildman–Crippen MR) is 65.2 cm³/mol. The number of aromatic nitrogens is 1. The Morgan fingerprint density at radius 2 is 2.12 bits per heavy atom. The molecule has 0 aromatic carbocycles. The number of hydrogen-bond donors (Lipinski definition) is 0. The van der Waals surface area contributed by atoms with Gasteiger partial charge in [0.05, 0.1) is 12.2 Å². The first kappa shape index (κ1) is 10.8. The van der Waals surface area contributed by atoms with Crippen molar-refractivity contribution in [2.75, 3.05) is 0 Å². The van der Waals surface area contributed by atoms with E-state index in [1.807, 2.05) is 18.2 Å². The van der Waals surface area contributed by atoms with Crippen LogP contribution in [0.5, 0.6) is 0 Å². The van der Waals surface area contributed by atoms with Gasteiger partial charge < -0.3 is 4.90 Å². The van der Waals surface area contributed by atoms with Crippen molar-refractivity contribution in [3.05, 3.63) is 30.1 Å². The van der Waals surface area contributed by atoms with Crippen LogP contribution in [0.15, 0.2) is 24.4 Å². The van der Waals surface area contributed by atoms with Gasteiger partial charge in [0.2, 0.25) is 5.91 Å². The lowest BCUT2D eigenvalue weighted by molar-refractivity contribution is -0.139. The second-order valence-corrected chi connectivity index (χ2v) is 5.15. The molecule has 90 valence electrons. The molecule has 1 heterocycles. The molecule has 1 aromatic heterocycles. The molecule has 2 aliphatic rings. The summed E-state index contributed by atoms with van der Waals surface area (Å²) in [5.74, 6) is 0.670. The van der Waals surface area contributed by atoms with Crippen molar-refractivity contribution in [1.29, 1.82) is 0 Å². The van der Waals surface area contributed by atoms with Crippen LogP contribution in [0.1, 0.15) is 37.8 Å². The zero-order valence-corrected chi connectivity index (χ0v) is 10.0. The van der Waals surface area contributed by atoms with E-state index in [1.54, 1.807) is 6.20 Å². The van der Waals surface area contributed by atoms with Crippen molar-refractivity contribution in [2.45, 2.75) is 44.7 Å². The Morgan fingerprint density at radius 1 is 1.29 bits per heavy atom. The van der Waals surface area contributed by atoms with E-state index in [0.29, 0.717) is 24.4 Å². The molecule has 0 aliphatic heterocycles. The molecule has 1 aromatic rings. The standard InChI is InChI=1S/C14H18N2O/c17-14(11-4-3-5-11)16(13-7-8-13)10-12-6-1-2-9-15-12/h1-2,6,9,11,13H,3-5,7-8,10H2. The first-order chi connectivity index (χ1) is 8.34. The number of carbonyl (C=O) groups excluding carboxylic acids is 1. The Labute approximate surface area is 102 Å². The van der Waals surface area contributed by atoms with Crippen LogP contribution in [0.3, 0.4) is 0 Å².